The number of rotatable bonds is 2. The minimum atomic E-state index is 0.110. The average molecular weight is 320 g/mol. The van der Waals surface area contributed by atoms with Gasteiger partial charge < -0.3 is 15.4 Å². The Morgan fingerprint density at radius 1 is 1.26 bits per heavy atom. The van der Waals surface area contributed by atoms with Gasteiger partial charge in [-0.15, -0.1) is 0 Å². The molecule has 0 radical (unpaired) electrons. The SMILES string of the molecule is NCc1nc(-c2c(O)ccc3cc(Br)ccc23)no1. The molecule has 3 N–H and O–H groups in total. The molecular formula is C13H10BrN3O2. The molecule has 2 aromatic carbocycles. The summed E-state index contributed by atoms with van der Waals surface area (Å²) in [5, 5.41) is 15.7. The molecule has 1 heterocycles. The monoisotopic (exact) mass is 319 g/mol. The zero-order valence-corrected chi connectivity index (χ0v) is 11.4. The molecule has 0 saturated carbocycles. The Bertz CT molecular complexity index is 755. The van der Waals surface area contributed by atoms with Crippen molar-refractivity contribution in [2.75, 3.05) is 0 Å². The van der Waals surface area contributed by atoms with Gasteiger partial charge in [-0.25, -0.2) is 0 Å². The summed E-state index contributed by atoms with van der Waals surface area (Å²) in [4.78, 5) is 4.16. The third kappa shape index (κ3) is 2.09. The zero-order chi connectivity index (χ0) is 13.4. The fourth-order valence-electron chi connectivity index (χ4n) is 1.96. The van der Waals surface area contributed by atoms with Crippen LogP contribution in [0.4, 0.5) is 0 Å². The highest BCUT2D eigenvalue weighted by molar-refractivity contribution is 9.10. The van der Waals surface area contributed by atoms with Crippen molar-refractivity contribution in [1.29, 1.82) is 0 Å². The fourth-order valence-corrected chi connectivity index (χ4v) is 2.34. The summed E-state index contributed by atoms with van der Waals surface area (Å²) in [6.45, 7) is 0.171. The molecule has 0 unspecified atom stereocenters. The van der Waals surface area contributed by atoms with Crippen molar-refractivity contribution in [2.24, 2.45) is 5.73 Å². The van der Waals surface area contributed by atoms with Crippen LogP contribution in [0, 0.1) is 0 Å². The van der Waals surface area contributed by atoms with Gasteiger partial charge in [-0.1, -0.05) is 33.2 Å². The van der Waals surface area contributed by atoms with Crippen LogP contribution >= 0.6 is 15.9 Å². The van der Waals surface area contributed by atoms with Gasteiger partial charge in [0.2, 0.25) is 11.7 Å². The van der Waals surface area contributed by atoms with E-state index in [2.05, 4.69) is 26.1 Å². The molecule has 19 heavy (non-hydrogen) atoms. The first-order chi connectivity index (χ1) is 9.19. The van der Waals surface area contributed by atoms with E-state index in [0.717, 1.165) is 15.2 Å². The number of aromatic hydroxyl groups is 1. The standard InChI is InChI=1S/C13H10BrN3O2/c14-8-2-3-9-7(5-8)1-4-10(18)12(9)13-16-11(6-15)19-17-13/h1-5,18H,6,15H2. The highest BCUT2D eigenvalue weighted by atomic mass is 79.9. The predicted octanol–water partition coefficient (Wildman–Crippen LogP) is 2.82. The average Bonchev–Trinajstić information content (AvgIpc) is 2.87. The third-order valence-electron chi connectivity index (χ3n) is 2.83. The normalized spacial score (nSPS) is 11.1. The smallest absolute Gasteiger partial charge is 0.240 e. The first kappa shape index (κ1) is 12.1. The van der Waals surface area contributed by atoms with Crippen LogP contribution in [0.15, 0.2) is 39.3 Å². The van der Waals surface area contributed by atoms with Gasteiger partial charge in [0.25, 0.3) is 0 Å². The highest BCUT2D eigenvalue weighted by Crippen LogP contribution is 2.35. The lowest BCUT2D eigenvalue weighted by Crippen LogP contribution is -1.95. The van der Waals surface area contributed by atoms with Crippen LogP contribution in [-0.2, 0) is 6.54 Å². The maximum absolute atomic E-state index is 10.0. The molecule has 96 valence electrons. The van der Waals surface area contributed by atoms with Crippen LogP contribution in [0.1, 0.15) is 5.89 Å². The number of aromatic nitrogens is 2. The molecule has 0 saturated heterocycles. The molecule has 3 rings (SSSR count). The summed E-state index contributed by atoms with van der Waals surface area (Å²) < 4.78 is 5.95. The Kier molecular flexibility index (Phi) is 2.96. The molecule has 0 amide bonds. The fraction of sp³-hybridized carbons (Fsp3) is 0.0769. The first-order valence-corrected chi connectivity index (χ1v) is 6.42. The highest BCUT2D eigenvalue weighted by Gasteiger charge is 2.15. The van der Waals surface area contributed by atoms with Crippen molar-refractivity contribution in [1.82, 2.24) is 10.1 Å². The van der Waals surface area contributed by atoms with E-state index in [1.165, 1.54) is 0 Å². The summed E-state index contributed by atoms with van der Waals surface area (Å²) in [5.74, 6) is 0.786. The lowest BCUT2D eigenvalue weighted by atomic mass is 10.0. The second-order valence-corrected chi connectivity index (χ2v) is 4.96. The van der Waals surface area contributed by atoms with Crippen LogP contribution in [0.5, 0.6) is 5.75 Å². The van der Waals surface area contributed by atoms with Gasteiger partial charge in [0, 0.05) is 4.47 Å². The Morgan fingerprint density at radius 3 is 2.84 bits per heavy atom. The maximum atomic E-state index is 10.0. The molecule has 1 aromatic heterocycles. The number of benzene rings is 2. The number of nitrogens with two attached hydrogens (primary N) is 1. The van der Waals surface area contributed by atoms with Gasteiger partial charge in [-0.05, 0) is 29.0 Å². The van der Waals surface area contributed by atoms with Gasteiger partial charge in [0.1, 0.15) is 5.75 Å². The Balaban J connectivity index is 2.29. The molecule has 0 aliphatic rings. The van der Waals surface area contributed by atoms with E-state index in [1.54, 1.807) is 6.07 Å². The molecule has 5 nitrogen and oxygen atoms in total. The number of hydrogen-bond acceptors (Lipinski definition) is 5. The second-order valence-electron chi connectivity index (χ2n) is 4.04. The van der Waals surface area contributed by atoms with Gasteiger partial charge in [0.15, 0.2) is 0 Å². The van der Waals surface area contributed by atoms with E-state index in [9.17, 15) is 5.11 Å². The van der Waals surface area contributed by atoms with Gasteiger partial charge in [-0.3, -0.25) is 0 Å². The molecule has 0 atom stereocenters. The number of hydrogen-bond donors (Lipinski definition) is 2. The molecule has 6 heteroatoms. The van der Waals surface area contributed by atoms with Crippen molar-refractivity contribution >= 4 is 26.7 Å². The Morgan fingerprint density at radius 2 is 2.11 bits per heavy atom. The third-order valence-corrected chi connectivity index (χ3v) is 3.32. The van der Waals surface area contributed by atoms with E-state index in [1.807, 2.05) is 24.3 Å². The van der Waals surface area contributed by atoms with Gasteiger partial charge in [0.05, 0.1) is 12.1 Å². The van der Waals surface area contributed by atoms with Crippen LogP contribution in [-0.4, -0.2) is 15.2 Å². The summed E-state index contributed by atoms with van der Waals surface area (Å²) in [6, 6.07) is 9.20. The number of halogens is 1. The largest absolute Gasteiger partial charge is 0.507 e. The molecular weight excluding hydrogens is 310 g/mol. The lowest BCUT2D eigenvalue weighted by molar-refractivity contribution is 0.380. The van der Waals surface area contributed by atoms with Gasteiger partial charge in [-0.2, -0.15) is 4.98 Å². The van der Waals surface area contributed by atoms with Crippen LogP contribution in [0.25, 0.3) is 22.2 Å². The van der Waals surface area contributed by atoms with E-state index < -0.39 is 0 Å². The summed E-state index contributed by atoms with van der Waals surface area (Å²) >= 11 is 3.42. The predicted molar refractivity (Wildman–Crippen MR) is 74.5 cm³/mol. The summed E-state index contributed by atoms with van der Waals surface area (Å²) in [6.07, 6.45) is 0. The van der Waals surface area contributed by atoms with Crippen molar-refractivity contribution in [3.05, 3.63) is 40.7 Å². The number of nitrogens with zero attached hydrogens (tertiary/aromatic N) is 2. The molecule has 0 bridgehead atoms. The van der Waals surface area contributed by atoms with Crippen LogP contribution in [0.3, 0.4) is 0 Å². The minimum absolute atomic E-state index is 0.110. The van der Waals surface area contributed by atoms with Crippen LogP contribution in [0.2, 0.25) is 0 Å². The lowest BCUT2D eigenvalue weighted by Gasteiger charge is -2.05. The number of fused-ring (bicyclic) bond motifs is 1. The summed E-state index contributed by atoms with van der Waals surface area (Å²) in [5.41, 5.74) is 6.00. The topological polar surface area (TPSA) is 85.2 Å². The quantitative estimate of drug-likeness (QED) is 0.758. The molecule has 0 aliphatic carbocycles. The first-order valence-electron chi connectivity index (χ1n) is 5.63. The van der Waals surface area contributed by atoms with Crippen molar-refractivity contribution in [3.63, 3.8) is 0 Å². The van der Waals surface area contributed by atoms with Crippen molar-refractivity contribution in [3.8, 4) is 17.1 Å². The molecule has 0 spiro atoms. The number of phenolic OH excluding ortho intramolecular Hbond substituents is 1. The van der Waals surface area contributed by atoms with E-state index >= 15 is 0 Å². The molecule has 3 aromatic rings. The zero-order valence-electron chi connectivity index (χ0n) is 9.80. The minimum Gasteiger partial charge on any atom is -0.507 e. The molecule has 0 aliphatic heterocycles. The maximum Gasteiger partial charge on any atom is 0.240 e. The number of phenols is 1. The second kappa shape index (κ2) is 4.64. The summed E-state index contributed by atoms with van der Waals surface area (Å²) in [7, 11) is 0. The van der Waals surface area contributed by atoms with Gasteiger partial charge >= 0.3 is 0 Å². The van der Waals surface area contributed by atoms with E-state index in [4.69, 9.17) is 10.3 Å². The Hall–Kier alpha value is -1.92. The van der Waals surface area contributed by atoms with Crippen molar-refractivity contribution in [2.45, 2.75) is 6.54 Å². The van der Waals surface area contributed by atoms with Crippen LogP contribution < -0.4 is 5.73 Å². The van der Waals surface area contributed by atoms with E-state index in [0.29, 0.717) is 17.3 Å². The Labute approximate surface area is 117 Å². The van der Waals surface area contributed by atoms with E-state index in [-0.39, 0.29) is 12.3 Å². The molecule has 0 fully saturated rings. The van der Waals surface area contributed by atoms with Crippen molar-refractivity contribution < 1.29 is 9.63 Å².